The number of likely N-dealkylation sites (tertiary alicyclic amines) is 1. The van der Waals surface area contributed by atoms with Crippen LogP contribution in [0.4, 0.5) is 0 Å². The highest BCUT2D eigenvalue weighted by molar-refractivity contribution is 5.26. The molecular weight excluding hydrogens is 304 g/mol. The molecule has 0 aromatic heterocycles. The number of hydrogen-bond acceptors (Lipinski definition) is 5. The van der Waals surface area contributed by atoms with Gasteiger partial charge in [0.05, 0.1) is 19.3 Å². The molecular formula is C19H30N2O3. The van der Waals surface area contributed by atoms with Crippen LogP contribution in [0.3, 0.4) is 0 Å². The van der Waals surface area contributed by atoms with Crippen LogP contribution in [0.15, 0.2) is 24.3 Å². The van der Waals surface area contributed by atoms with Gasteiger partial charge in [-0.25, -0.2) is 0 Å². The molecule has 2 aliphatic rings. The number of aryl methyl sites for hydroxylation is 1. The van der Waals surface area contributed by atoms with Gasteiger partial charge in [-0.1, -0.05) is 17.7 Å². The number of aliphatic hydroxyl groups excluding tert-OH is 1. The summed E-state index contributed by atoms with van der Waals surface area (Å²) in [6.07, 6.45) is 2.06. The topological polar surface area (TPSA) is 45.2 Å². The lowest BCUT2D eigenvalue weighted by molar-refractivity contribution is 0.00148. The zero-order valence-electron chi connectivity index (χ0n) is 14.7. The van der Waals surface area contributed by atoms with Crippen molar-refractivity contribution in [2.24, 2.45) is 0 Å². The van der Waals surface area contributed by atoms with E-state index in [-0.39, 0.29) is 6.10 Å². The molecule has 0 bridgehead atoms. The molecule has 2 aliphatic heterocycles. The quantitative estimate of drug-likeness (QED) is 0.855. The predicted octanol–water partition coefficient (Wildman–Crippen LogP) is 1.53. The maximum absolute atomic E-state index is 10.3. The van der Waals surface area contributed by atoms with Gasteiger partial charge in [0, 0.05) is 39.3 Å². The maximum Gasteiger partial charge on any atom is 0.119 e. The molecule has 134 valence electrons. The Morgan fingerprint density at radius 3 is 2.25 bits per heavy atom. The summed E-state index contributed by atoms with van der Waals surface area (Å²) in [6.45, 7) is 9.03. The molecule has 1 N–H and O–H groups in total. The Morgan fingerprint density at radius 2 is 1.62 bits per heavy atom. The van der Waals surface area contributed by atoms with E-state index in [9.17, 15) is 5.11 Å². The average molecular weight is 334 g/mol. The van der Waals surface area contributed by atoms with Crippen molar-refractivity contribution in [3.05, 3.63) is 29.8 Å². The summed E-state index contributed by atoms with van der Waals surface area (Å²) in [6, 6.07) is 8.28. The van der Waals surface area contributed by atoms with E-state index in [0.717, 1.165) is 71.1 Å². The fourth-order valence-electron chi connectivity index (χ4n) is 3.46. The van der Waals surface area contributed by atoms with E-state index < -0.39 is 0 Å². The van der Waals surface area contributed by atoms with E-state index in [4.69, 9.17) is 9.47 Å². The van der Waals surface area contributed by atoms with Crippen LogP contribution in [0.2, 0.25) is 0 Å². The average Bonchev–Trinajstić information content (AvgIpc) is 2.59. The van der Waals surface area contributed by atoms with Crippen LogP contribution in [0.1, 0.15) is 18.4 Å². The fraction of sp³-hybridized carbons (Fsp3) is 0.684. The smallest absolute Gasteiger partial charge is 0.119 e. The molecule has 1 aromatic carbocycles. The predicted molar refractivity (Wildman–Crippen MR) is 94.5 cm³/mol. The van der Waals surface area contributed by atoms with Gasteiger partial charge in [-0.2, -0.15) is 0 Å². The lowest BCUT2D eigenvalue weighted by atomic mass is 10.1. The lowest BCUT2D eigenvalue weighted by Crippen LogP contribution is -2.47. The zero-order chi connectivity index (χ0) is 16.8. The van der Waals surface area contributed by atoms with Crippen molar-refractivity contribution in [3.63, 3.8) is 0 Å². The molecule has 24 heavy (non-hydrogen) atoms. The van der Waals surface area contributed by atoms with Crippen molar-refractivity contribution in [1.29, 1.82) is 0 Å². The number of aliphatic hydroxyl groups is 1. The van der Waals surface area contributed by atoms with Crippen molar-refractivity contribution in [3.8, 4) is 5.75 Å². The third-order valence-electron chi connectivity index (χ3n) is 4.90. The van der Waals surface area contributed by atoms with E-state index in [2.05, 4.69) is 28.9 Å². The molecule has 0 radical (unpaired) electrons. The molecule has 2 heterocycles. The van der Waals surface area contributed by atoms with E-state index in [1.807, 2.05) is 12.1 Å². The molecule has 1 unspecified atom stereocenters. The first-order valence-corrected chi connectivity index (χ1v) is 9.13. The van der Waals surface area contributed by atoms with Gasteiger partial charge < -0.3 is 19.5 Å². The number of benzene rings is 1. The van der Waals surface area contributed by atoms with E-state index in [1.165, 1.54) is 5.56 Å². The first-order chi connectivity index (χ1) is 11.7. The van der Waals surface area contributed by atoms with Gasteiger partial charge in [-0.05, 0) is 31.9 Å². The summed E-state index contributed by atoms with van der Waals surface area (Å²) < 4.78 is 11.4. The number of ether oxygens (including phenoxy) is 2. The Bertz CT molecular complexity index is 480. The Morgan fingerprint density at radius 1 is 1.04 bits per heavy atom. The van der Waals surface area contributed by atoms with Crippen LogP contribution in [0.5, 0.6) is 5.75 Å². The molecule has 5 heteroatoms. The molecule has 0 spiro atoms. The normalized spacial score (nSPS) is 22.4. The Hall–Kier alpha value is -1.14. The summed E-state index contributed by atoms with van der Waals surface area (Å²) in [5.74, 6) is 0.964. The van der Waals surface area contributed by atoms with Crippen LogP contribution >= 0.6 is 0 Å². The van der Waals surface area contributed by atoms with Crippen molar-refractivity contribution < 1.29 is 14.6 Å². The SMILES string of the molecule is Cc1ccc(OC2CCN(CC(O)CN3CCOCC3)CC2)cc1. The van der Waals surface area contributed by atoms with Crippen LogP contribution in [0.25, 0.3) is 0 Å². The van der Waals surface area contributed by atoms with Gasteiger partial charge in [0.1, 0.15) is 11.9 Å². The highest BCUT2D eigenvalue weighted by Gasteiger charge is 2.23. The van der Waals surface area contributed by atoms with E-state index >= 15 is 0 Å². The van der Waals surface area contributed by atoms with Crippen molar-refractivity contribution in [1.82, 2.24) is 9.80 Å². The number of rotatable bonds is 6. The van der Waals surface area contributed by atoms with E-state index in [1.54, 1.807) is 0 Å². The minimum absolute atomic E-state index is 0.280. The minimum atomic E-state index is -0.280. The molecule has 2 fully saturated rings. The van der Waals surface area contributed by atoms with Gasteiger partial charge in [0.2, 0.25) is 0 Å². The highest BCUT2D eigenvalue weighted by atomic mass is 16.5. The summed E-state index contributed by atoms with van der Waals surface area (Å²) in [7, 11) is 0. The fourth-order valence-corrected chi connectivity index (χ4v) is 3.46. The minimum Gasteiger partial charge on any atom is -0.490 e. The van der Waals surface area contributed by atoms with Gasteiger partial charge in [0.25, 0.3) is 0 Å². The lowest BCUT2D eigenvalue weighted by Gasteiger charge is -2.35. The second-order valence-electron chi connectivity index (χ2n) is 7.00. The molecule has 1 atom stereocenters. The Kier molecular flexibility index (Phi) is 6.49. The van der Waals surface area contributed by atoms with Gasteiger partial charge in [-0.3, -0.25) is 4.90 Å². The summed E-state index contributed by atoms with van der Waals surface area (Å²) in [5.41, 5.74) is 1.26. The summed E-state index contributed by atoms with van der Waals surface area (Å²) >= 11 is 0. The van der Waals surface area contributed by atoms with Crippen molar-refractivity contribution in [2.45, 2.75) is 32.0 Å². The molecule has 0 saturated carbocycles. The standard InChI is InChI=1S/C19H30N2O3/c1-16-2-4-18(5-3-16)24-19-6-8-20(9-7-19)14-17(22)15-21-10-12-23-13-11-21/h2-5,17,19,22H,6-15H2,1H3. The number of hydrogen-bond donors (Lipinski definition) is 1. The number of nitrogens with zero attached hydrogens (tertiary/aromatic N) is 2. The largest absolute Gasteiger partial charge is 0.490 e. The monoisotopic (exact) mass is 334 g/mol. The Balaban J connectivity index is 1.36. The first kappa shape index (κ1) is 17.7. The van der Waals surface area contributed by atoms with Crippen molar-refractivity contribution in [2.75, 3.05) is 52.5 Å². The van der Waals surface area contributed by atoms with Crippen LogP contribution in [0, 0.1) is 6.92 Å². The number of morpholine rings is 1. The van der Waals surface area contributed by atoms with Gasteiger partial charge >= 0.3 is 0 Å². The summed E-state index contributed by atoms with van der Waals surface area (Å²) in [4.78, 5) is 4.65. The van der Waals surface area contributed by atoms with Gasteiger partial charge in [0.15, 0.2) is 0 Å². The molecule has 0 aliphatic carbocycles. The number of piperidine rings is 1. The second-order valence-corrected chi connectivity index (χ2v) is 7.00. The molecule has 2 saturated heterocycles. The maximum atomic E-state index is 10.3. The van der Waals surface area contributed by atoms with Crippen LogP contribution in [-0.2, 0) is 4.74 Å². The first-order valence-electron chi connectivity index (χ1n) is 9.13. The molecule has 5 nitrogen and oxygen atoms in total. The Labute approximate surface area is 145 Å². The highest BCUT2D eigenvalue weighted by Crippen LogP contribution is 2.19. The molecule has 0 amide bonds. The van der Waals surface area contributed by atoms with Crippen LogP contribution < -0.4 is 4.74 Å². The summed E-state index contributed by atoms with van der Waals surface area (Å²) in [5, 5.41) is 10.3. The van der Waals surface area contributed by atoms with Crippen LogP contribution in [-0.4, -0.2) is 79.6 Å². The molecule has 1 aromatic rings. The van der Waals surface area contributed by atoms with Gasteiger partial charge in [-0.15, -0.1) is 0 Å². The second kappa shape index (κ2) is 8.81. The third-order valence-corrected chi connectivity index (χ3v) is 4.90. The van der Waals surface area contributed by atoms with Crippen molar-refractivity contribution >= 4 is 0 Å². The number of β-amino-alcohol motifs (C(OH)–C–C–N with tert-alkyl or cyclic N) is 1. The molecule has 3 rings (SSSR count). The zero-order valence-corrected chi connectivity index (χ0v) is 14.7. The third kappa shape index (κ3) is 5.45. The van der Waals surface area contributed by atoms with E-state index in [0.29, 0.717) is 6.10 Å².